The van der Waals surface area contributed by atoms with Crippen molar-refractivity contribution in [3.63, 3.8) is 0 Å². The topological polar surface area (TPSA) is 37.8 Å². The predicted molar refractivity (Wildman–Crippen MR) is 88.1 cm³/mol. The largest absolute Gasteiger partial charge is 0.370 e. The molecule has 0 saturated heterocycles. The lowest BCUT2D eigenvalue weighted by Crippen LogP contribution is -2.08. The molecule has 3 nitrogen and oxygen atoms in total. The van der Waals surface area contributed by atoms with Crippen LogP contribution in [0, 0.1) is 6.92 Å². The standard InChI is InChI=1S/C16H20BrN3/c1-4-10-18-16-11(3)15(19-14(5-2)20-16)12-8-6-7-9-13(12)17/h6-9H,4-5,10H2,1-3H3,(H,18,19,20). The van der Waals surface area contributed by atoms with Gasteiger partial charge in [-0.1, -0.05) is 48.0 Å². The number of halogens is 1. The van der Waals surface area contributed by atoms with E-state index in [1.165, 1.54) is 0 Å². The molecule has 106 valence electrons. The van der Waals surface area contributed by atoms with Gasteiger partial charge >= 0.3 is 0 Å². The average molecular weight is 334 g/mol. The Morgan fingerprint density at radius 2 is 1.90 bits per heavy atom. The van der Waals surface area contributed by atoms with Gasteiger partial charge in [-0.2, -0.15) is 0 Å². The van der Waals surface area contributed by atoms with Gasteiger partial charge in [-0.3, -0.25) is 0 Å². The van der Waals surface area contributed by atoms with E-state index in [9.17, 15) is 0 Å². The van der Waals surface area contributed by atoms with Crippen LogP contribution in [-0.2, 0) is 6.42 Å². The molecule has 20 heavy (non-hydrogen) atoms. The van der Waals surface area contributed by atoms with Gasteiger partial charge in [0, 0.05) is 28.6 Å². The Labute approximate surface area is 129 Å². The fourth-order valence-corrected chi connectivity index (χ4v) is 2.52. The first-order valence-corrected chi connectivity index (χ1v) is 7.83. The van der Waals surface area contributed by atoms with Crippen molar-refractivity contribution in [2.45, 2.75) is 33.6 Å². The van der Waals surface area contributed by atoms with Crippen LogP contribution in [0.2, 0.25) is 0 Å². The smallest absolute Gasteiger partial charge is 0.133 e. The molecule has 1 aromatic carbocycles. The van der Waals surface area contributed by atoms with E-state index in [2.05, 4.69) is 53.1 Å². The zero-order valence-corrected chi connectivity index (χ0v) is 13.8. The van der Waals surface area contributed by atoms with Crippen LogP contribution in [0.4, 0.5) is 5.82 Å². The quantitative estimate of drug-likeness (QED) is 0.868. The highest BCUT2D eigenvalue weighted by Gasteiger charge is 2.13. The highest BCUT2D eigenvalue weighted by atomic mass is 79.9. The van der Waals surface area contributed by atoms with Crippen LogP contribution < -0.4 is 5.32 Å². The molecule has 1 N–H and O–H groups in total. The minimum absolute atomic E-state index is 0.832. The number of hydrogen-bond acceptors (Lipinski definition) is 3. The summed E-state index contributed by atoms with van der Waals surface area (Å²) in [6, 6.07) is 8.18. The van der Waals surface area contributed by atoms with E-state index in [4.69, 9.17) is 4.98 Å². The van der Waals surface area contributed by atoms with Crippen LogP contribution >= 0.6 is 15.9 Å². The van der Waals surface area contributed by atoms with E-state index in [1.807, 2.05) is 18.2 Å². The molecule has 1 heterocycles. The number of hydrogen-bond donors (Lipinski definition) is 1. The van der Waals surface area contributed by atoms with Crippen LogP contribution in [0.1, 0.15) is 31.7 Å². The van der Waals surface area contributed by atoms with Crippen LogP contribution in [0.3, 0.4) is 0 Å². The number of aromatic nitrogens is 2. The lowest BCUT2D eigenvalue weighted by atomic mass is 10.1. The minimum Gasteiger partial charge on any atom is -0.370 e. The highest BCUT2D eigenvalue weighted by molar-refractivity contribution is 9.10. The van der Waals surface area contributed by atoms with Crippen LogP contribution in [-0.4, -0.2) is 16.5 Å². The van der Waals surface area contributed by atoms with E-state index in [0.717, 1.165) is 52.3 Å². The average Bonchev–Trinajstić information content (AvgIpc) is 2.47. The van der Waals surface area contributed by atoms with Gasteiger partial charge in [-0.05, 0) is 19.4 Å². The van der Waals surface area contributed by atoms with Gasteiger partial charge in [0.05, 0.1) is 5.69 Å². The molecule has 0 fully saturated rings. The number of benzene rings is 1. The van der Waals surface area contributed by atoms with E-state index >= 15 is 0 Å². The Bertz CT molecular complexity index is 596. The molecule has 0 aliphatic carbocycles. The second-order valence-corrected chi connectivity index (χ2v) is 5.58. The molecule has 1 aromatic heterocycles. The van der Waals surface area contributed by atoms with E-state index in [-0.39, 0.29) is 0 Å². The Kier molecular flexibility index (Phi) is 5.12. The summed E-state index contributed by atoms with van der Waals surface area (Å²) in [6.45, 7) is 7.24. The van der Waals surface area contributed by atoms with E-state index in [0.29, 0.717) is 0 Å². The summed E-state index contributed by atoms with van der Waals surface area (Å²) < 4.78 is 1.06. The fourth-order valence-electron chi connectivity index (χ4n) is 2.05. The lowest BCUT2D eigenvalue weighted by molar-refractivity contribution is 0.910. The van der Waals surface area contributed by atoms with Crippen molar-refractivity contribution in [3.05, 3.63) is 40.1 Å². The molecule has 0 atom stereocenters. The second kappa shape index (κ2) is 6.84. The van der Waals surface area contributed by atoms with E-state index in [1.54, 1.807) is 0 Å². The molecule has 0 aliphatic heterocycles. The van der Waals surface area contributed by atoms with Gasteiger partial charge in [-0.15, -0.1) is 0 Å². The first-order valence-electron chi connectivity index (χ1n) is 7.03. The molecule has 0 aliphatic rings. The third-order valence-electron chi connectivity index (χ3n) is 3.18. The SMILES string of the molecule is CCCNc1nc(CC)nc(-c2ccccc2Br)c1C. The van der Waals surface area contributed by atoms with Crippen molar-refractivity contribution < 1.29 is 0 Å². The molecule has 0 saturated carbocycles. The Morgan fingerprint density at radius 3 is 2.55 bits per heavy atom. The van der Waals surface area contributed by atoms with Crippen LogP contribution in [0.5, 0.6) is 0 Å². The van der Waals surface area contributed by atoms with Gasteiger partial charge in [0.1, 0.15) is 11.6 Å². The summed E-state index contributed by atoms with van der Waals surface area (Å²) in [4.78, 5) is 9.32. The maximum atomic E-state index is 4.71. The monoisotopic (exact) mass is 333 g/mol. The molecular formula is C16H20BrN3. The Morgan fingerprint density at radius 1 is 1.15 bits per heavy atom. The molecule has 2 aromatic rings. The molecule has 4 heteroatoms. The van der Waals surface area contributed by atoms with Crippen LogP contribution in [0.25, 0.3) is 11.3 Å². The van der Waals surface area contributed by atoms with Crippen molar-refractivity contribution in [1.29, 1.82) is 0 Å². The predicted octanol–water partition coefficient (Wildman–Crippen LogP) is 4.60. The molecule has 0 bridgehead atoms. The Hall–Kier alpha value is -1.42. The first-order chi connectivity index (χ1) is 9.67. The third-order valence-corrected chi connectivity index (χ3v) is 3.87. The minimum atomic E-state index is 0.832. The molecule has 0 radical (unpaired) electrons. The zero-order chi connectivity index (χ0) is 14.5. The number of aryl methyl sites for hydroxylation is 1. The molecular weight excluding hydrogens is 314 g/mol. The third kappa shape index (κ3) is 3.18. The molecule has 0 amide bonds. The van der Waals surface area contributed by atoms with E-state index < -0.39 is 0 Å². The molecule has 0 unspecified atom stereocenters. The number of rotatable bonds is 5. The van der Waals surface area contributed by atoms with Crippen molar-refractivity contribution >= 4 is 21.7 Å². The summed E-state index contributed by atoms with van der Waals surface area (Å²) in [5.74, 6) is 1.82. The van der Waals surface area contributed by atoms with Crippen molar-refractivity contribution in [1.82, 2.24) is 9.97 Å². The van der Waals surface area contributed by atoms with Crippen molar-refractivity contribution in [2.75, 3.05) is 11.9 Å². The van der Waals surface area contributed by atoms with Crippen molar-refractivity contribution in [3.8, 4) is 11.3 Å². The molecule has 0 spiro atoms. The van der Waals surface area contributed by atoms with Gasteiger partial charge in [0.15, 0.2) is 0 Å². The summed E-state index contributed by atoms with van der Waals surface area (Å²) >= 11 is 3.61. The normalized spacial score (nSPS) is 10.6. The first kappa shape index (κ1) is 15.0. The number of nitrogens with zero attached hydrogens (tertiary/aromatic N) is 2. The number of nitrogens with one attached hydrogen (secondary N) is 1. The maximum Gasteiger partial charge on any atom is 0.133 e. The van der Waals surface area contributed by atoms with Gasteiger partial charge in [-0.25, -0.2) is 9.97 Å². The summed E-state index contributed by atoms with van der Waals surface area (Å²) in [6.07, 6.45) is 1.91. The number of anilines is 1. The lowest BCUT2D eigenvalue weighted by Gasteiger charge is -2.14. The Balaban J connectivity index is 2.54. The van der Waals surface area contributed by atoms with Crippen molar-refractivity contribution in [2.24, 2.45) is 0 Å². The second-order valence-electron chi connectivity index (χ2n) is 4.72. The highest BCUT2D eigenvalue weighted by Crippen LogP contribution is 2.31. The fraction of sp³-hybridized carbons (Fsp3) is 0.375. The van der Waals surface area contributed by atoms with Crippen LogP contribution in [0.15, 0.2) is 28.7 Å². The van der Waals surface area contributed by atoms with Gasteiger partial charge in [0.25, 0.3) is 0 Å². The van der Waals surface area contributed by atoms with Gasteiger partial charge in [0.2, 0.25) is 0 Å². The maximum absolute atomic E-state index is 4.71. The summed E-state index contributed by atoms with van der Waals surface area (Å²) in [7, 11) is 0. The van der Waals surface area contributed by atoms with Gasteiger partial charge < -0.3 is 5.32 Å². The summed E-state index contributed by atoms with van der Waals surface area (Å²) in [5.41, 5.74) is 3.21. The summed E-state index contributed by atoms with van der Waals surface area (Å²) in [5, 5.41) is 3.40. The molecule has 2 rings (SSSR count). The zero-order valence-electron chi connectivity index (χ0n) is 12.2.